The standard InChI is InChI=1S/C49H50N2/c1-6-16-39(17-7-2)46-35-47(51-48(50-46)41-20-13-10-14-21-41)40-26-30-45(31-27-40)49(5,33-32-36(4)8-3)44-28-24-38(25-29-44)43-23-15-22-42(34-43)37-18-11-9-12-19-37/h6-7,9,11-13,15-31,34-36H,1,8,10,14,32-33H2,2-5H3/b17-7-,39-16+. The van der Waals surface area contributed by atoms with Gasteiger partial charge in [-0.3, -0.25) is 0 Å². The number of nitrogens with zero attached hydrogens (tertiary/aromatic N) is 2. The second kappa shape index (κ2) is 16.6. The van der Waals surface area contributed by atoms with E-state index in [1.54, 1.807) is 0 Å². The van der Waals surface area contributed by atoms with Crippen molar-refractivity contribution in [2.75, 3.05) is 0 Å². The zero-order valence-electron chi connectivity index (χ0n) is 30.6. The van der Waals surface area contributed by atoms with E-state index in [0.717, 1.165) is 53.2 Å². The van der Waals surface area contributed by atoms with Crippen LogP contribution in [0.1, 0.15) is 82.4 Å². The molecule has 0 aliphatic heterocycles. The predicted molar refractivity (Wildman–Crippen MR) is 219 cm³/mol. The fourth-order valence-corrected chi connectivity index (χ4v) is 6.93. The summed E-state index contributed by atoms with van der Waals surface area (Å²) in [6, 6.07) is 40.0. The average Bonchev–Trinajstić information content (AvgIpc) is 3.20. The topological polar surface area (TPSA) is 25.8 Å². The monoisotopic (exact) mass is 666 g/mol. The van der Waals surface area contributed by atoms with Gasteiger partial charge in [0.05, 0.1) is 11.4 Å². The highest BCUT2D eigenvalue weighted by Gasteiger charge is 2.29. The lowest BCUT2D eigenvalue weighted by Crippen LogP contribution is -2.24. The molecule has 0 saturated carbocycles. The van der Waals surface area contributed by atoms with Crippen molar-refractivity contribution >= 4 is 11.1 Å². The molecule has 1 aliphatic carbocycles. The number of benzene rings is 4. The molecule has 0 saturated heterocycles. The van der Waals surface area contributed by atoms with Crippen LogP contribution in [-0.2, 0) is 5.41 Å². The lowest BCUT2D eigenvalue weighted by Gasteiger charge is -2.32. The van der Waals surface area contributed by atoms with Gasteiger partial charge in [-0.25, -0.2) is 9.97 Å². The fourth-order valence-electron chi connectivity index (χ4n) is 6.93. The van der Waals surface area contributed by atoms with Gasteiger partial charge < -0.3 is 0 Å². The summed E-state index contributed by atoms with van der Waals surface area (Å²) < 4.78 is 0. The largest absolute Gasteiger partial charge is 0.228 e. The van der Waals surface area contributed by atoms with E-state index in [0.29, 0.717) is 5.92 Å². The Balaban J connectivity index is 1.35. The summed E-state index contributed by atoms with van der Waals surface area (Å²) >= 11 is 0. The second-order valence-electron chi connectivity index (χ2n) is 13.9. The van der Waals surface area contributed by atoms with Gasteiger partial charge in [0.25, 0.3) is 0 Å². The van der Waals surface area contributed by atoms with Crippen molar-refractivity contribution in [2.24, 2.45) is 5.92 Å². The second-order valence-corrected chi connectivity index (χ2v) is 13.9. The Kier molecular flexibility index (Phi) is 11.5. The summed E-state index contributed by atoms with van der Waals surface area (Å²) in [5, 5.41) is 0. The zero-order valence-corrected chi connectivity index (χ0v) is 30.6. The third kappa shape index (κ3) is 8.35. The highest BCUT2D eigenvalue weighted by atomic mass is 14.9. The van der Waals surface area contributed by atoms with Gasteiger partial charge in [0, 0.05) is 16.6 Å². The molecular formula is C49H50N2. The number of hydrogen-bond acceptors (Lipinski definition) is 2. The number of aromatic nitrogens is 2. The molecular weight excluding hydrogens is 617 g/mol. The van der Waals surface area contributed by atoms with Crippen LogP contribution in [0.5, 0.6) is 0 Å². The highest BCUT2D eigenvalue weighted by molar-refractivity contribution is 5.79. The number of hydrogen-bond donors (Lipinski definition) is 0. The Morgan fingerprint density at radius 2 is 1.43 bits per heavy atom. The first-order chi connectivity index (χ1) is 24.9. The molecule has 51 heavy (non-hydrogen) atoms. The van der Waals surface area contributed by atoms with Gasteiger partial charge in [-0.15, -0.1) is 0 Å². The van der Waals surface area contributed by atoms with Gasteiger partial charge in [-0.05, 0) is 89.6 Å². The Morgan fingerprint density at radius 1 is 0.784 bits per heavy atom. The van der Waals surface area contributed by atoms with Crippen LogP contribution < -0.4 is 0 Å². The van der Waals surface area contributed by atoms with Gasteiger partial charge >= 0.3 is 0 Å². The maximum Gasteiger partial charge on any atom is 0.160 e. The van der Waals surface area contributed by atoms with Gasteiger partial charge in [0.15, 0.2) is 5.82 Å². The highest BCUT2D eigenvalue weighted by Crippen LogP contribution is 2.40. The summed E-state index contributed by atoms with van der Waals surface area (Å²) in [6.45, 7) is 13.1. The van der Waals surface area contributed by atoms with E-state index >= 15 is 0 Å². The first-order valence-corrected chi connectivity index (χ1v) is 18.5. The molecule has 0 N–H and O–H groups in total. The molecule has 256 valence electrons. The van der Waals surface area contributed by atoms with Crippen LogP contribution in [0, 0.1) is 5.92 Å². The van der Waals surface area contributed by atoms with E-state index in [2.05, 4.69) is 161 Å². The molecule has 1 aliphatic rings. The van der Waals surface area contributed by atoms with Crippen LogP contribution in [0.4, 0.5) is 0 Å². The Morgan fingerprint density at radius 3 is 2.04 bits per heavy atom. The molecule has 0 bridgehead atoms. The maximum absolute atomic E-state index is 5.11. The predicted octanol–water partition coefficient (Wildman–Crippen LogP) is 13.5. The molecule has 1 heterocycles. The van der Waals surface area contributed by atoms with Crippen LogP contribution in [0.2, 0.25) is 0 Å². The molecule has 0 fully saturated rings. The normalized spacial score (nSPS) is 15.0. The minimum Gasteiger partial charge on any atom is -0.228 e. The van der Waals surface area contributed by atoms with Gasteiger partial charge in [-0.2, -0.15) is 0 Å². The lowest BCUT2D eigenvalue weighted by molar-refractivity contribution is 0.414. The molecule has 0 radical (unpaired) electrons. The average molecular weight is 667 g/mol. The zero-order chi connectivity index (χ0) is 35.6. The van der Waals surface area contributed by atoms with E-state index in [-0.39, 0.29) is 5.41 Å². The quantitative estimate of drug-likeness (QED) is 0.117. The van der Waals surface area contributed by atoms with Crippen molar-refractivity contribution in [1.82, 2.24) is 9.97 Å². The molecule has 5 aromatic rings. The summed E-state index contributed by atoms with van der Waals surface area (Å²) in [5.41, 5.74) is 12.5. The Bertz CT molecular complexity index is 2060. The smallest absolute Gasteiger partial charge is 0.160 e. The lowest BCUT2D eigenvalue weighted by atomic mass is 9.71. The molecule has 0 amide bonds. The van der Waals surface area contributed by atoms with Crippen molar-refractivity contribution in [2.45, 2.75) is 65.2 Å². The molecule has 2 atom stereocenters. The number of rotatable bonds is 13. The summed E-state index contributed by atoms with van der Waals surface area (Å²) in [5.74, 6) is 1.43. The van der Waals surface area contributed by atoms with Crippen molar-refractivity contribution < 1.29 is 0 Å². The van der Waals surface area contributed by atoms with Crippen molar-refractivity contribution in [1.29, 1.82) is 0 Å². The molecule has 6 rings (SSSR count). The van der Waals surface area contributed by atoms with E-state index in [1.165, 1.54) is 46.2 Å². The van der Waals surface area contributed by atoms with Gasteiger partial charge in [0.2, 0.25) is 0 Å². The summed E-state index contributed by atoms with van der Waals surface area (Å²) in [4.78, 5) is 10.1. The van der Waals surface area contributed by atoms with Crippen LogP contribution in [-0.4, -0.2) is 9.97 Å². The molecule has 1 aromatic heterocycles. The van der Waals surface area contributed by atoms with E-state index < -0.39 is 0 Å². The number of allylic oxidation sites excluding steroid dienone is 9. The molecule has 2 heteroatoms. The minimum absolute atomic E-state index is 0.141. The van der Waals surface area contributed by atoms with Gasteiger partial charge in [-0.1, -0.05) is 173 Å². The summed E-state index contributed by atoms with van der Waals surface area (Å²) in [7, 11) is 0. The van der Waals surface area contributed by atoms with E-state index in [1.807, 2.05) is 25.2 Å². The Hall–Kier alpha value is -5.34. The first kappa shape index (κ1) is 35.5. The van der Waals surface area contributed by atoms with Crippen LogP contribution >= 0.6 is 0 Å². The minimum atomic E-state index is -0.141. The third-order valence-corrected chi connectivity index (χ3v) is 10.4. The van der Waals surface area contributed by atoms with Crippen LogP contribution in [0.3, 0.4) is 0 Å². The van der Waals surface area contributed by atoms with Crippen molar-refractivity contribution in [3.63, 3.8) is 0 Å². The molecule has 2 unspecified atom stereocenters. The van der Waals surface area contributed by atoms with Crippen molar-refractivity contribution in [3.8, 4) is 33.5 Å². The molecule has 0 spiro atoms. The fraction of sp³-hybridized carbons (Fsp3) is 0.224. The van der Waals surface area contributed by atoms with Crippen LogP contribution in [0.15, 0.2) is 158 Å². The molecule has 4 aromatic carbocycles. The maximum atomic E-state index is 5.11. The first-order valence-electron chi connectivity index (χ1n) is 18.5. The van der Waals surface area contributed by atoms with E-state index in [9.17, 15) is 0 Å². The Labute approximate surface area is 305 Å². The van der Waals surface area contributed by atoms with Crippen LogP contribution in [0.25, 0.3) is 44.7 Å². The molecule has 2 nitrogen and oxygen atoms in total. The third-order valence-electron chi connectivity index (χ3n) is 10.4. The van der Waals surface area contributed by atoms with Crippen molar-refractivity contribution in [3.05, 3.63) is 181 Å². The van der Waals surface area contributed by atoms with Gasteiger partial charge in [0.1, 0.15) is 0 Å². The SMILES string of the molecule is C=C/C=C(\C=C/C)c1cc(-c2ccc(C(C)(CCC(C)CC)c3ccc(-c4cccc(-c5ccccc5)c4)cc3)cc2)nc(C2=CCCC=C2)n1. The van der Waals surface area contributed by atoms with E-state index in [4.69, 9.17) is 9.97 Å². The summed E-state index contributed by atoms with van der Waals surface area (Å²) in [6.07, 6.45) is 20.0.